The predicted octanol–water partition coefficient (Wildman–Crippen LogP) is -0.509. The summed E-state index contributed by atoms with van der Waals surface area (Å²) in [5.74, 6) is -0.351. The van der Waals surface area contributed by atoms with Crippen LogP contribution in [0.2, 0.25) is 0 Å². The summed E-state index contributed by atoms with van der Waals surface area (Å²) in [6, 6.07) is 0. The zero-order valence-corrected chi connectivity index (χ0v) is 13.0. The first-order valence-electron chi connectivity index (χ1n) is 6.19. The number of nitrogens with zero attached hydrogens (tertiary/aromatic N) is 4. The van der Waals surface area contributed by atoms with Crippen LogP contribution in [-0.4, -0.2) is 60.5 Å². The number of rotatable bonds is 6. The van der Waals surface area contributed by atoms with Crippen LogP contribution >= 0.6 is 0 Å². The molecule has 0 aliphatic carbocycles. The van der Waals surface area contributed by atoms with Crippen LogP contribution in [0.1, 0.15) is 13.3 Å². The maximum atomic E-state index is 12.5. The van der Waals surface area contributed by atoms with Crippen molar-refractivity contribution in [1.82, 2.24) is 19.0 Å². The molecule has 8 nitrogen and oxygen atoms in total. The van der Waals surface area contributed by atoms with Crippen molar-refractivity contribution in [3.63, 3.8) is 0 Å². The molecule has 0 bridgehead atoms. The Morgan fingerprint density at radius 3 is 2.45 bits per heavy atom. The van der Waals surface area contributed by atoms with E-state index in [1.807, 2.05) is 6.92 Å². The van der Waals surface area contributed by atoms with Gasteiger partial charge in [-0.05, 0) is 6.42 Å². The number of aromatic nitrogens is 2. The number of nitrogen functional groups attached to an aromatic ring is 1. The van der Waals surface area contributed by atoms with Gasteiger partial charge in [0.25, 0.3) is 0 Å². The minimum atomic E-state index is -3.82. The Kier molecular flexibility index (Phi) is 5.12. The van der Waals surface area contributed by atoms with Gasteiger partial charge < -0.3 is 10.6 Å². The zero-order chi connectivity index (χ0) is 15.5. The molecule has 0 radical (unpaired) electrons. The molecule has 0 unspecified atom stereocenters. The summed E-state index contributed by atoms with van der Waals surface area (Å²) in [4.78, 5) is 13.0. The number of anilines is 1. The van der Waals surface area contributed by atoms with E-state index in [0.717, 1.165) is 4.31 Å². The summed E-state index contributed by atoms with van der Waals surface area (Å²) in [6.45, 7) is 1.88. The van der Waals surface area contributed by atoms with Crippen LogP contribution in [0.4, 0.5) is 5.82 Å². The lowest BCUT2D eigenvalue weighted by atomic mass is 10.4. The number of likely N-dealkylation sites (N-methyl/N-ethyl adjacent to an activating group) is 1. The van der Waals surface area contributed by atoms with E-state index in [-0.39, 0.29) is 29.7 Å². The smallest absolute Gasteiger partial charge is 0.248 e. The highest BCUT2D eigenvalue weighted by molar-refractivity contribution is 7.89. The van der Waals surface area contributed by atoms with Gasteiger partial charge in [0.15, 0.2) is 5.82 Å². The van der Waals surface area contributed by atoms with Crippen molar-refractivity contribution < 1.29 is 13.2 Å². The minimum absolute atomic E-state index is 0.0640. The predicted molar refractivity (Wildman–Crippen MR) is 75.4 cm³/mol. The molecule has 0 saturated carbocycles. The lowest BCUT2D eigenvalue weighted by Gasteiger charge is -2.22. The fourth-order valence-electron chi connectivity index (χ4n) is 1.65. The van der Waals surface area contributed by atoms with Gasteiger partial charge in [-0.15, -0.1) is 0 Å². The van der Waals surface area contributed by atoms with Crippen LogP contribution in [0.3, 0.4) is 0 Å². The standard InChI is InChI=1S/C11H21N5O3S/c1-5-6-16(8-10(17)14(2)3)20(18,19)9-7-15(4)13-11(9)12/h7H,5-6,8H2,1-4H3,(H2,12,13). The van der Waals surface area contributed by atoms with Crippen molar-refractivity contribution in [3.05, 3.63) is 6.20 Å². The maximum Gasteiger partial charge on any atom is 0.248 e. The maximum absolute atomic E-state index is 12.5. The van der Waals surface area contributed by atoms with E-state index < -0.39 is 10.0 Å². The van der Waals surface area contributed by atoms with E-state index in [0.29, 0.717) is 6.42 Å². The lowest BCUT2D eigenvalue weighted by Crippen LogP contribution is -2.40. The number of carbonyl (C=O) groups excluding carboxylic acids is 1. The van der Waals surface area contributed by atoms with Crippen LogP contribution in [0, 0.1) is 0 Å². The van der Waals surface area contributed by atoms with Gasteiger partial charge in [-0.3, -0.25) is 9.48 Å². The van der Waals surface area contributed by atoms with Crippen LogP contribution in [0.5, 0.6) is 0 Å². The molecule has 0 aromatic carbocycles. The normalized spacial score (nSPS) is 11.8. The number of hydrogen-bond acceptors (Lipinski definition) is 5. The van der Waals surface area contributed by atoms with Crippen molar-refractivity contribution in [2.24, 2.45) is 7.05 Å². The molecule has 1 rings (SSSR count). The van der Waals surface area contributed by atoms with Crippen molar-refractivity contribution >= 4 is 21.7 Å². The number of carbonyl (C=O) groups is 1. The van der Waals surface area contributed by atoms with Gasteiger partial charge in [0.2, 0.25) is 15.9 Å². The van der Waals surface area contributed by atoms with E-state index >= 15 is 0 Å². The Labute approximate surface area is 119 Å². The number of amides is 1. The molecule has 0 spiro atoms. The Hall–Kier alpha value is -1.61. The molecule has 0 saturated heterocycles. The Morgan fingerprint density at radius 1 is 1.45 bits per heavy atom. The summed E-state index contributed by atoms with van der Waals surface area (Å²) < 4.78 is 27.5. The molecule has 20 heavy (non-hydrogen) atoms. The summed E-state index contributed by atoms with van der Waals surface area (Å²) in [7, 11) is 0.925. The molecule has 0 atom stereocenters. The Bertz CT molecular complexity index is 579. The fourth-order valence-corrected chi connectivity index (χ4v) is 3.22. The molecule has 0 aliphatic heterocycles. The third-order valence-electron chi connectivity index (χ3n) is 2.72. The highest BCUT2D eigenvalue weighted by Crippen LogP contribution is 2.21. The molecule has 0 aliphatic rings. The van der Waals surface area contributed by atoms with Crippen molar-refractivity contribution in [2.75, 3.05) is 32.9 Å². The van der Waals surface area contributed by atoms with E-state index in [4.69, 9.17) is 5.73 Å². The second kappa shape index (κ2) is 6.23. The van der Waals surface area contributed by atoms with E-state index in [9.17, 15) is 13.2 Å². The van der Waals surface area contributed by atoms with E-state index in [2.05, 4.69) is 5.10 Å². The molecule has 1 aromatic heterocycles. The van der Waals surface area contributed by atoms with Gasteiger partial charge in [-0.2, -0.15) is 9.40 Å². The number of hydrogen-bond donors (Lipinski definition) is 1. The third kappa shape index (κ3) is 3.48. The summed E-state index contributed by atoms with van der Waals surface area (Å²) >= 11 is 0. The van der Waals surface area contributed by atoms with E-state index in [1.165, 1.54) is 15.8 Å². The SMILES string of the molecule is CCCN(CC(=O)N(C)C)S(=O)(=O)c1cn(C)nc1N. The van der Waals surface area contributed by atoms with Gasteiger partial charge in [-0.1, -0.05) is 6.92 Å². The molecular formula is C11H21N5O3S. The molecule has 1 aromatic rings. The first-order chi connectivity index (χ1) is 9.20. The first-order valence-corrected chi connectivity index (χ1v) is 7.63. The molecule has 114 valence electrons. The average molecular weight is 303 g/mol. The van der Waals surface area contributed by atoms with Crippen LogP contribution in [0.25, 0.3) is 0 Å². The summed E-state index contributed by atoms with van der Waals surface area (Å²) in [5.41, 5.74) is 5.62. The van der Waals surface area contributed by atoms with Gasteiger partial charge in [0.1, 0.15) is 4.90 Å². The van der Waals surface area contributed by atoms with Gasteiger partial charge in [-0.25, -0.2) is 8.42 Å². The summed E-state index contributed by atoms with van der Waals surface area (Å²) in [5, 5.41) is 3.83. The minimum Gasteiger partial charge on any atom is -0.381 e. The van der Waals surface area contributed by atoms with Gasteiger partial charge in [0, 0.05) is 33.9 Å². The summed E-state index contributed by atoms with van der Waals surface area (Å²) in [6.07, 6.45) is 1.94. The molecule has 9 heteroatoms. The Morgan fingerprint density at radius 2 is 2.05 bits per heavy atom. The molecule has 1 amide bonds. The molecule has 2 N–H and O–H groups in total. The first kappa shape index (κ1) is 16.4. The number of nitrogens with two attached hydrogens (primary N) is 1. The monoisotopic (exact) mass is 303 g/mol. The van der Waals surface area contributed by atoms with Crippen molar-refractivity contribution in [2.45, 2.75) is 18.2 Å². The van der Waals surface area contributed by atoms with Crippen LogP contribution in [-0.2, 0) is 21.9 Å². The lowest BCUT2D eigenvalue weighted by molar-refractivity contribution is -0.128. The van der Waals surface area contributed by atoms with E-state index in [1.54, 1.807) is 21.1 Å². The highest BCUT2D eigenvalue weighted by Gasteiger charge is 2.30. The van der Waals surface area contributed by atoms with Crippen LogP contribution < -0.4 is 5.73 Å². The van der Waals surface area contributed by atoms with Gasteiger partial charge in [0.05, 0.1) is 6.54 Å². The molecular weight excluding hydrogens is 282 g/mol. The zero-order valence-electron chi connectivity index (χ0n) is 12.2. The second-order valence-corrected chi connectivity index (χ2v) is 6.59. The van der Waals surface area contributed by atoms with Gasteiger partial charge >= 0.3 is 0 Å². The Balaban J connectivity index is 3.12. The quantitative estimate of drug-likeness (QED) is 0.763. The number of sulfonamides is 1. The largest absolute Gasteiger partial charge is 0.381 e. The van der Waals surface area contributed by atoms with Crippen molar-refractivity contribution in [1.29, 1.82) is 0 Å². The molecule has 0 fully saturated rings. The second-order valence-electron chi connectivity index (χ2n) is 4.68. The van der Waals surface area contributed by atoms with Crippen molar-refractivity contribution in [3.8, 4) is 0 Å². The molecule has 1 heterocycles. The van der Waals surface area contributed by atoms with Crippen LogP contribution in [0.15, 0.2) is 11.1 Å². The number of aryl methyl sites for hydroxylation is 1. The topological polar surface area (TPSA) is 102 Å². The third-order valence-corrected chi connectivity index (χ3v) is 4.59. The highest BCUT2D eigenvalue weighted by atomic mass is 32.2. The average Bonchev–Trinajstić information content (AvgIpc) is 2.68. The fraction of sp³-hybridized carbons (Fsp3) is 0.636.